The van der Waals surface area contributed by atoms with Gasteiger partial charge in [-0.1, -0.05) is 38.1 Å². The first kappa shape index (κ1) is 15.0. The van der Waals surface area contributed by atoms with Gasteiger partial charge in [-0.3, -0.25) is 4.79 Å². The van der Waals surface area contributed by atoms with Crippen LogP contribution < -0.4 is 10.6 Å². The molecule has 2 rings (SSSR count). The van der Waals surface area contributed by atoms with Gasteiger partial charge in [-0.05, 0) is 43.4 Å². The van der Waals surface area contributed by atoms with Gasteiger partial charge in [-0.2, -0.15) is 0 Å². The zero-order valence-corrected chi connectivity index (χ0v) is 12.6. The van der Waals surface area contributed by atoms with Gasteiger partial charge in [0, 0.05) is 18.5 Å². The normalized spacial score (nSPS) is 17.9. The average Bonchev–Trinajstić information content (AvgIpc) is 2.43. The minimum atomic E-state index is 0.194. The quantitative estimate of drug-likeness (QED) is 0.782. The Morgan fingerprint density at radius 2 is 2.05 bits per heavy atom. The molecule has 20 heavy (non-hydrogen) atoms. The van der Waals surface area contributed by atoms with E-state index in [0.717, 1.165) is 32.2 Å². The van der Waals surface area contributed by atoms with Crippen LogP contribution >= 0.6 is 0 Å². The fourth-order valence-corrected chi connectivity index (χ4v) is 2.76. The summed E-state index contributed by atoms with van der Waals surface area (Å²) < 4.78 is 0. The third kappa shape index (κ3) is 4.64. The Hall–Kier alpha value is -1.35. The Labute approximate surface area is 122 Å². The second-order valence-corrected chi connectivity index (χ2v) is 5.99. The van der Waals surface area contributed by atoms with Crippen molar-refractivity contribution in [3.05, 3.63) is 35.4 Å². The van der Waals surface area contributed by atoms with E-state index in [1.807, 2.05) is 0 Å². The summed E-state index contributed by atoms with van der Waals surface area (Å²) in [5, 5.41) is 6.52. The zero-order valence-electron chi connectivity index (χ0n) is 12.6. The number of hydrogen-bond donors (Lipinski definition) is 2. The molecule has 0 heterocycles. The first-order valence-electron chi connectivity index (χ1n) is 7.74. The summed E-state index contributed by atoms with van der Waals surface area (Å²) in [4.78, 5) is 11.9. The molecule has 1 aliphatic carbocycles. The molecule has 2 N–H and O–H groups in total. The van der Waals surface area contributed by atoms with Gasteiger partial charge in [0.2, 0.25) is 5.91 Å². The van der Waals surface area contributed by atoms with Crippen molar-refractivity contribution in [1.82, 2.24) is 10.6 Å². The van der Waals surface area contributed by atoms with Crippen molar-refractivity contribution in [2.45, 2.75) is 58.0 Å². The maximum absolute atomic E-state index is 11.9. The Bertz CT molecular complexity index is 442. The first-order chi connectivity index (χ1) is 9.65. The molecule has 1 aliphatic rings. The third-order valence-corrected chi connectivity index (χ3v) is 3.85. The summed E-state index contributed by atoms with van der Waals surface area (Å²) in [6, 6.07) is 9.37. The SMILES string of the molecule is CC(C)NCCCC(=O)NC1CCc2ccccc2C1. The Morgan fingerprint density at radius 3 is 2.80 bits per heavy atom. The van der Waals surface area contributed by atoms with Crippen LogP contribution in [0.15, 0.2) is 24.3 Å². The molecule has 1 aromatic rings. The van der Waals surface area contributed by atoms with Crippen LogP contribution in [0.2, 0.25) is 0 Å². The van der Waals surface area contributed by atoms with Crippen LogP contribution in [0.25, 0.3) is 0 Å². The van der Waals surface area contributed by atoms with Gasteiger partial charge in [0.1, 0.15) is 0 Å². The number of hydrogen-bond acceptors (Lipinski definition) is 2. The van der Waals surface area contributed by atoms with E-state index in [1.54, 1.807) is 0 Å². The van der Waals surface area contributed by atoms with Crippen molar-refractivity contribution in [3.8, 4) is 0 Å². The summed E-state index contributed by atoms with van der Waals surface area (Å²) in [7, 11) is 0. The highest BCUT2D eigenvalue weighted by Gasteiger charge is 2.19. The molecular weight excluding hydrogens is 248 g/mol. The number of aryl methyl sites for hydroxylation is 1. The highest BCUT2D eigenvalue weighted by Crippen LogP contribution is 2.21. The molecule has 0 radical (unpaired) electrons. The van der Waals surface area contributed by atoms with Crippen LogP contribution in [0.4, 0.5) is 0 Å². The van der Waals surface area contributed by atoms with E-state index in [1.165, 1.54) is 11.1 Å². The lowest BCUT2D eigenvalue weighted by atomic mass is 9.88. The Balaban J connectivity index is 1.71. The molecule has 1 amide bonds. The lowest BCUT2D eigenvalue weighted by Crippen LogP contribution is -2.39. The maximum Gasteiger partial charge on any atom is 0.220 e. The number of nitrogens with one attached hydrogen (secondary N) is 2. The van der Waals surface area contributed by atoms with E-state index in [-0.39, 0.29) is 5.91 Å². The smallest absolute Gasteiger partial charge is 0.220 e. The molecule has 0 fully saturated rings. The molecular formula is C17H26N2O. The molecule has 0 bridgehead atoms. The topological polar surface area (TPSA) is 41.1 Å². The number of carbonyl (C=O) groups is 1. The number of fused-ring (bicyclic) bond motifs is 1. The standard InChI is InChI=1S/C17H26N2O/c1-13(2)18-11-5-8-17(20)19-16-10-9-14-6-3-4-7-15(14)12-16/h3-4,6-7,13,16,18H,5,8-12H2,1-2H3,(H,19,20). The summed E-state index contributed by atoms with van der Waals surface area (Å²) in [6.07, 6.45) is 4.65. The monoisotopic (exact) mass is 274 g/mol. The minimum Gasteiger partial charge on any atom is -0.353 e. The van der Waals surface area contributed by atoms with Crippen LogP contribution in [-0.4, -0.2) is 24.5 Å². The average molecular weight is 274 g/mol. The summed E-state index contributed by atoms with van der Waals surface area (Å²) in [5.41, 5.74) is 2.84. The van der Waals surface area contributed by atoms with Crippen LogP contribution in [0.3, 0.4) is 0 Å². The molecule has 0 saturated carbocycles. The van der Waals surface area contributed by atoms with Gasteiger partial charge in [0.25, 0.3) is 0 Å². The minimum absolute atomic E-state index is 0.194. The van der Waals surface area contributed by atoms with Crippen molar-refractivity contribution >= 4 is 5.91 Å². The van der Waals surface area contributed by atoms with Crippen molar-refractivity contribution in [3.63, 3.8) is 0 Å². The number of rotatable bonds is 6. The van der Waals surface area contributed by atoms with Gasteiger partial charge in [0.15, 0.2) is 0 Å². The van der Waals surface area contributed by atoms with Gasteiger partial charge in [0.05, 0.1) is 0 Å². The molecule has 1 aromatic carbocycles. The molecule has 3 nitrogen and oxygen atoms in total. The largest absolute Gasteiger partial charge is 0.353 e. The zero-order chi connectivity index (χ0) is 14.4. The summed E-state index contributed by atoms with van der Waals surface area (Å²) >= 11 is 0. The predicted octanol–water partition coefficient (Wildman–Crippen LogP) is 2.44. The van der Waals surface area contributed by atoms with E-state index >= 15 is 0 Å². The predicted molar refractivity (Wildman–Crippen MR) is 82.8 cm³/mol. The number of carbonyl (C=O) groups excluding carboxylic acids is 1. The van der Waals surface area contributed by atoms with Crippen LogP contribution in [0, 0.1) is 0 Å². The highest BCUT2D eigenvalue weighted by molar-refractivity contribution is 5.76. The lowest BCUT2D eigenvalue weighted by Gasteiger charge is -2.25. The van der Waals surface area contributed by atoms with Gasteiger partial charge in [-0.25, -0.2) is 0 Å². The second-order valence-electron chi connectivity index (χ2n) is 5.99. The molecule has 0 spiro atoms. The fraction of sp³-hybridized carbons (Fsp3) is 0.588. The Morgan fingerprint density at radius 1 is 1.30 bits per heavy atom. The van der Waals surface area contributed by atoms with E-state index in [0.29, 0.717) is 18.5 Å². The van der Waals surface area contributed by atoms with Crippen LogP contribution in [0.1, 0.15) is 44.2 Å². The van der Waals surface area contributed by atoms with E-state index in [9.17, 15) is 4.79 Å². The molecule has 110 valence electrons. The van der Waals surface area contributed by atoms with E-state index in [4.69, 9.17) is 0 Å². The van der Waals surface area contributed by atoms with Crippen LogP contribution in [-0.2, 0) is 17.6 Å². The summed E-state index contributed by atoms with van der Waals surface area (Å²) in [6.45, 7) is 5.16. The maximum atomic E-state index is 11.9. The second kappa shape index (κ2) is 7.44. The lowest BCUT2D eigenvalue weighted by molar-refractivity contribution is -0.121. The van der Waals surface area contributed by atoms with Gasteiger partial charge in [-0.15, -0.1) is 0 Å². The molecule has 0 aromatic heterocycles. The van der Waals surface area contributed by atoms with Gasteiger partial charge >= 0.3 is 0 Å². The molecule has 0 saturated heterocycles. The third-order valence-electron chi connectivity index (χ3n) is 3.85. The highest BCUT2D eigenvalue weighted by atomic mass is 16.1. The fourth-order valence-electron chi connectivity index (χ4n) is 2.76. The van der Waals surface area contributed by atoms with Crippen molar-refractivity contribution in [2.75, 3.05) is 6.54 Å². The molecule has 1 unspecified atom stereocenters. The van der Waals surface area contributed by atoms with Crippen molar-refractivity contribution in [2.24, 2.45) is 0 Å². The number of benzene rings is 1. The molecule has 0 aliphatic heterocycles. The van der Waals surface area contributed by atoms with E-state index in [2.05, 4.69) is 48.7 Å². The molecule has 3 heteroatoms. The van der Waals surface area contributed by atoms with Crippen LogP contribution in [0.5, 0.6) is 0 Å². The summed E-state index contributed by atoms with van der Waals surface area (Å²) in [5.74, 6) is 0.194. The number of amides is 1. The van der Waals surface area contributed by atoms with Crippen molar-refractivity contribution < 1.29 is 4.79 Å². The van der Waals surface area contributed by atoms with E-state index < -0.39 is 0 Å². The Kier molecular flexibility index (Phi) is 5.60. The van der Waals surface area contributed by atoms with Gasteiger partial charge < -0.3 is 10.6 Å². The first-order valence-corrected chi connectivity index (χ1v) is 7.74. The van der Waals surface area contributed by atoms with Crippen molar-refractivity contribution in [1.29, 1.82) is 0 Å². The molecule has 1 atom stereocenters.